The van der Waals surface area contributed by atoms with E-state index in [9.17, 15) is 53.0 Å². The monoisotopic (exact) mass is 1270 g/mol. The van der Waals surface area contributed by atoms with Gasteiger partial charge in [-0.15, -0.1) is 0 Å². The predicted molar refractivity (Wildman–Crippen MR) is 284 cm³/mol. The quantitative estimate of drug-likeness (QED) is 0.0297. The van der Waals surface area contributed by atoms with Crippen molar-refractivity contribution >= 4 is 104 Å². The molecule has 0 bridgehead atoms. The van der Waals surface area contributed by atoms with Crippen LogP contribution in [-0.4, -0.2) is 178 Å². The number of phosphoric ester groups is 3. The smallest absolute Gasteiger partial charge is 0.394 e. The van der Waals surface area contributed by atoms with E-state index < -0.39 is 140 Å². The van der Waals surface area contributed by atoms with Crippen molar-refractivity contribution in [3.05, 3.63) is 61.0 Å². The van der Waals surface area contributed by atoms with E-state index in [1.54, 1.807) is 0 Å². The minimum atomic E-state index is -5.39. The maximum Gasteiger partial charge on any atom is 0.472 e. The summed E-state index contributed by atoms with van der Waals surface area (Å²) < 4.78 is 104. The number of phosphoric acid groups is 3. The second kappa shape index (κ2) is 22.4. The van der Waals surface area contributed by atoms with E-state index in [1.807, 2.05) is 0 Å². The Morgan fingerprint density at radius 3 is 1.29 bits per heavy atom. The average molecular weight is 1270 g/mol. The number of nitrogen functional groups attached to an aromatic ring is 4. The average Bonchev–Trinajstić information content (AvgIpc) is 2.51. The van der Waals surface area contributed by atoms with Crippen LogP contribution >= 0.6 is 35.7 Å². The molecule has 0 aliphatic carbocycles. The van der Waals surface area contributed by atoms with Crippen molar-refractivity contribution in [3.63, 3.8) is 0 Å². The van der Waals surface area contributed by atoms with E-state index in [0.29, 0.717) is 0 Å². The number of nitrogens with two attached hydrogens (primary N) is 4. The van der Waals surface area contributed by atoms with Gasteiger partial charge in [0.05, 0.1) is 57.8 Å². The van der Waals surface area contributed by atoms with Crippen LogP contribution in [0.2, 0.25) is 0 Å². The van der Waals surface area contributed by atoms with Crippen molar-refractivity contribution in [2.24, 2.45) is 0 Å². The van der Waals surface area contributed by atoms with E-state index in [0.717, 1.165) is 6.33 Å². The number of hydrogen-bond acceptors (Lipinski definition) is 31. The van der Waals surface area contributed by atoms with Gasteiger partial charge in [0.2, 0.25) is 17.8 Å². The molecule has 0 radical (unpaired) electrons. The third kappa shape index (κ3) is 11.8. The summed E-state index contributed by atoms with van der Waals surface area (Å²) in [6, 6.07) is 0. The molecule has 0 amide bonds. The van der Waals surface area contributed by atoms with Crippen LogP contribution in [0.3, 0.4) is 0 Å². The third-order valence-corrected chi connectivity index (χ3v) is 17.3. The number of nitrogens with one attached hydrogen (secondary N) is 4. The fourth-order valence-electron chi connectivity index (χ4n) is 10.2. The summed E-state index contributed by atoms with van der Waals surface area (Å²) >= 11 is 5.32. The van der Waals surface area contributed by atoms with Gasteiger partial charge < -0.3 is 71.8 Å². The fraction of sp³-hybridized carbons (Fsp3) is 0.500. The van der Waals surface area contributed by atoms with Crippen molar-refractivity contribution in [2.45, 2.75) is 99.4 Å². The lowest BCUT2D eigenvalue weighted by Gasteiger charge is -2.25. The van der Waals surface area contributed by atoms with E-state index >= 15 is 0 Å². The number of fused-ring (bicyclic) bond motifs is 4. The Balaban J connectivity index is 0.750. The first-order chi connectivity index (χ1) is 40.4. The lowest BCUT2D eigenvalue weighted by Crippen LogP contribution is -2.31. The molecule has 17 N–H and O–H groups in total. The second-order valence-corrected chi connectivity index (χ2v) is 24.1. The Labute approximate surface area is 475 Å². The topological polar surface area (TPSA) is 586 Å². The molecule has 3 unspecified atom stereocenters. The van der Waals surface area contributed by atoms with Gasteiger partial charge in [0, 0.05) is 25.7 Å². The lowest BCUT2D eigenvalue weighted by molar-refractivity contribution is -0.0620. The molecule has 4 aliphatic rings. The van der Waals surface area contributed by atoms with Gasteiger partial charge in [0.1, 0.15) is 78.8 Å². The Bertz CT molecular complexity index is 4290. The van der Waals surface area contributed by atoms with E-state index in [-0.39, 0.29) is 98.8 Å². The van der Waals surface area contributed by atoms with Crippen molar-refractivity contribution in [1.29, 1.82) is 0 Å². The molecule has 4 aliphatic heterocycles. The van der Waals surface area contributed by atoms with Gasteiger partial charge in [-0.3, -0.25) is 74.7 Å². The van der Waals surface area contributed by atoms with Gasteiger partial charge >= 0.3 is 23.5 Å². The van der Waals surface area contributed by atoms with Crippen molar-refractivity contribution in [3.8, 4) is 0 Å². The molecule has 8 aromatic rings. The van der Waals surface area contributed by atoms with Crippen molar-refractivity contribution in [1.82, 2.24) is 78.1 Å². The van der Waals surface area contributed by atoms with Crippen LogP contribution in [0, 0.1) is 4.64 Å². The number of rotatable bonds is 20. The van der Waals surface area contributed by atoms with Crippen LogP contribution in [0.4, 0.5) is 23.8 Å². The largest absolute Gasteiger partial charge is 0.472 e. The highest BCUT2D eigenvalue weighted by molar-refractivity contribution is 7.71. The third-order valence-electron chi connectivity index (χ3n) is 14.0. The molecule has 41 nitrogen and oxygen atoms in total. The molecule has 456 valence electrons. The summed E-state index contributed by atoms with van der Waals surface area (Å²) in [5.41, 5.74) is 21.2. The molecule has 8 aromatic heterocycles. The van der Waals surface area contributed by atoms with Crippen LogP contribution in [0.15, 0.2) is 39.7 Å². The summed E-state index contributed by atoms with van der Waals surface area (Å²) in [6.07, 6.45) is -11.8. The van der Waals surface area contributed by atoms with E-state index in [2.05, 4.69) is 59.8 Å². The first-order valence-electron chi connectivity index (χ1n) is 25.2. The highest BCUT2D eigenvalue weighted by Gasteiger charge is 2.49. The molecule has 4 fully saturated rings. The molecule has 12 heterocycles. The predicted octanol–water partition coefficient (Wildman–Crippen LogP) is -1.77. The number of nitrogens with zero attached hydrogens (tertiary/aromatic N) is 12. The standard InChI is InChI=1S/C40H49N20O21P3S/c41-37-49-29-25(33(63)53-37)45-9-57(29)21-1-13(62)18(76-21)6-72-82(66,67)80-16-4-24(60-12-48-28-32(60)52-40(44)56-36(28)85)78-20(16)8-74-84(70,71)81-15-3-23(59-11-47-27-31(59)51-39(43)55-35(27)65)77-19(15)7-73-83(68,69)79-14-2-22(75-17(14)5-61)58-10-46-26-30(58)50-38(42)54-34(26)64/h9-24,61-62H,1-8H2,(H,66,67)(H,68,69)(H,70,71)(H3,41,49,53,63)(H3,42,50,54,64)(H3,43,51,55,65)(H3,44,52,56,85)/t13-,14-,15-,16-,17+,18+,19+,20+,21+,22+,23+,24+/m0/s1. The Hall–Kier alpha value is -6.89. The highest BCUT2D eigenvalue weighted by Crippen LogP contribution is 2.54. The van der Waals surface area contributed by atoms with Crippen LogP contribution in [0.1, 0.15) is 50.6 Å². The molecule has 0 saturated carbocycles. The van der Waals surface area contributed by atoms with Crippen LogP contribution in [0.5, 0.6) is 0 Å². The maximum absolute atomic E-state index is 14.1. The zero-order valence-electron chi connectivity index (χ0n) is 43.1. The van der Waals surface area contributed by atoms with Gasteiger partial charge in [-0.05, 0) is 0 Å². The summed E-state index contributed by atoms with van der Waals surface area (Å²) in [5, 5.41) is 21.1. The van der Waals surface area contributed by atoms with Gasteiger partial charge in [0.25, 0.3) is 16.7 Å². The number of ether oxygens (including phenoxy) is 4. The summed E-state index contributed by atoms with van der Waals surface area (Å²) in [4.78, 5) is 114. The van der Waals surface area contributed by atoms with Crippen LogP contribution in [-0.2, 0) is 59.8 Å². The van der Waals surface area contributed by atoms with Crippen LogP contribution < -0.4 is 39.6 Å². The molecule has 4 saturated heterocycles. The van der Waals surface area contributed by atoms with E-state index in [4.69, 9.17) is 81.2 Å². The lowest BCUT2D eigenvalue weighted by atomic mass is 10.2. The van der Waals surface area contributed by atoms with Crippen molar-refractivity contribution in [2.75, 3.05) is 49.4 Å². The number of anilines is 4. The summed E-state index contributed by atoms with van der Waals surface area (Å²) in [7, 11) is -15.8. The van der Waals surface area contributed by atoms with Gasteiger partial charge in [-0.25, -0.2) is 38.6 Å². The molecule has 0 spiro atoms. The first kappa shape index (κ1) is 58.5. The van der Waals surface area contributed by atoms with Gasteiger partial charge in [0.15, 0.2) is 44.1 Å². The Morgan fingerprint density at radius 1 is 0.518 bits per heavy atom. The number of aliphatic hydroxyl groups is 2. The molecular formula is C40H49N20O21P3S. The molecule has 0 aromatic carbocycles. The Morgan fingerprint density at radius 2 is 0.859 bits per heavy atom. The summed E-state index contributed by atoms with van der Waals surface area (Å²) in [5.74, 6) is -0.851. The second-order valence-electron chi connectivity index (χ2n) is 19.5. The van der Waals surface area contributed by atoms with Crippen molar-refractivity contribution < 1.29 is 84.7 Å². The molecule has 45 heteroatoms. The number of aromatic amines is 4. The zero-order chi connectivity index (χ0) is 60.0. The number of imidazole rings is 4. The van der Waals surface area contributed by atoms with E-state index in [1.165, 1.54) is 37.3 Å². The molecule has 12 rings (SSSR count). The molecule has 15 atom stereocenters. The van der Waals surface area contributed by atoms with Crippen LogP contribution in [0.25, 0.3) is 44.7 Å². The van der Waals surface area contributed by atoms with Gasteiger partial charge in [-0.2, -0.15) is 15.0 Å². The highest BCUT2D eigenvalue weighted by atomic mass is 32.1. The maximum atomic E-state index is 14.1. The Kier molecular flexibility index (Phi) is 15.4. The fourth-order valence-corrected chi connectivity index (χ4v) is 13.3. The first-order valence-corrected chi connectivity index (χ1v) is 30.1. The number of hydrogen-bond donors (Lipinski definition) is 13. The summed E-state index contributed by atoms with van der Waals surface area (Å²) in [6.45, 7) is -3.28. The molecule has 85 heavy (non-hydrogen) atoms. The zero-order valence-corrected chi connectivity index (χ0v) is 46.6. The number of aromatic nitrogens is 16. The van der Waals surface area contributed by atoms with Gasteiger partial charge in [-0.1, -0.05) is 12.2 Å². The number of aliphatic hydroxyl groups excluding tert-OH is 2. The number of H-pyrrole nitrogens is 4. The minimum Gasteiger partial charge on any atom is -0.394 e. The molecular weight excluding hydrogens is 1220 g/mol. The SMILES string of the molecule is Nc1nc2c(ncn2[C@H]2C[C@H](OP(=O)(O)OC[C@H]3O[C@@H](n4cnc5c(=O)[nH]c(N)nc54)C[C@@H]3OP(=O)(O)OC[C@H]3O[C@@H](n4cnc5c(=S)nc(N)[nH]c54)C[C@@H]3OP(=O)(O)OC[C@H]3O[C@@H](n4cnc5c(=O)[nH]c(N)nc54)C[C@@H]3O)[C@@H](CO)O2)c(=O)[nH]1. The normalized spacial score (nSPS) is 28.5. The minimum absolute atomic E-state index is 0.00725.